The van der Waals surface area contributed by atoms with Gasteiger partial charge >= 0.3 is 0 Å². The number of benzene rings is 1. The van der Waals surface area contributed by atoms with Gasteiger partial charge in [-0.05, 0) is 24.3 Å². The Morgan fingerprint density at radius 1 is 1.35 bits per heavy atom. The van der Waals surface area contributed by atoms with Gasteiger partial charge in [-0.25, -0.2) is 0 Å². The normalized spacial score (nSPS) is 12.6. The molecular weight excluding hydrogens is 443 g/mol. The summed E-state index contributed by atoms with van der Waals surface area (Å²) in [6, 6.07) is 6.99. The monoisotopic (exact) mass is 468 g/mol. The standard InChI is InChI=1S/C19H25IN4O2/c1-5-6-9-12-24-14-11-8-7-10-13(14)15(23-24)17(25)21-16(18(26)22-20)19(2,3)4/h5,7-8,10-11,16H,1,6,9,12H2,2-4H3,(H,21,25)(H,22,26)/t16-/m1/s1. The molecule has 0 aliphatic rings. The molecule has 0 aliphatic carbocycles. The molecule has 0 saturated heterocycles. The number of aromatic nitrogens is 2. The molecule has 1 aromatic heterocycles. The fraction of sp³-hybridized carbons (Fsp3) is 0.421. The second kappa shape index (κ2) is 8.66. The Labute approximate surface area is 167 Å². The zero-order valence-electron chi connectivity index (χ0n) is 15.4. The van der Waals surface area contributed by atoms with Gasteiger partial charge in [-0.15, -0.1) is 6.58 Å². The van der Waals surface area contributed by atoms with Crippen LogP contribution in [0.15, 0.2) is 36.9 Å². The van der Waals surface area contributed by atoms with E-state index in [0.29, 0.717) is 12.2 Å². The van der Waals surface area contributed by atoms with Gasteiger partial charge in [0.25, 0.3) is 11.8 Å². The van der Waals surface area contributed by atoms with E-state index in [1.165, 1.54) is 0 Å². The van der Waals surface area contributed by atoms with Gasteiger partial charge in [0.2, 0.25) is 0 Å². The number of halogens is 1. The van der Waals surface area contributed by atoms with Crippen molar-refractivity contribution in [1.29, 1.82) is 0 Å². The number of nitrogens with zero attached hydrogens (tertiary/aromatic N) is 2. The van der Waals surface area contributed by atoms with Crippen LogP contribution in [0.2, 0.25) is 0 Å². The molecule has 0 spiro atoms. The van der Waals surface area contributed by atoms with Crippen LogP contribution in [-0.2, 0) is 11.3 Å². The van der Waals surface area contributed by atoms with Crippen LogP contribution in [0, 0.1) is 5.41 Å². The average Bonchev–Trinajstić information content (AvgIpc) is 2.97. The molecule has 26 heavy (non-hydrogen) atoms. The molecule has 0 saturated carbocycles. The van der Waals surface area contributed by atoms with Gasteiger partial charge in [0.05, 0.1) is 28.4 Å². The summed E-state index contributed by atoms with van der Waals surface area (Å²) in [5, 5.41) is 8.15. The third-order valence-corrected chi connectivity index (χ3v) is 4.68. The van der Waals surface area contributed by atoms with Crippen LogP contribution in [0.5, 0.6) is 0 Å². The number of rotatable bonds is 7. The number of fused-ring (bicyclic) bond motifs is 1. The SMILES string of the molecule is C=CCCCn1nc(C(=O)N[C@H](C(=O)NI)C(C)(C)C)c2ccccc21. The highest BCUT2D eigenvalue weighted by molar-refractivity contribution is 14.1. The summed E-state index contributed by atoms with van der Waals surface area (Å²) < 4.78 is 4.43. The summed E-state index contributed by atoms with van der Waals surface area (Å²) in [4.78, 5) is 25.1. The van der Waals surface area contributed by atoms with Gasteiger partial charge < -0.3 is 5.32 Å². The number of amides is 2. The summed E-state index contributed by atoms with van der Waals surface area (Å²) in [6.45, 7) is 10.2. The minimum Gasteiger partial charge on any atom is -0.338 e. The van der Waals surface area contributed by atoms with Crippen LogP contribution in [0.1, 0.15) is 44.1 Å². The van der Waals surface area contributed by atoms with Crippen molar-refractivity contribution < 1.29 is 9.59 Å². The second-order valence-electron chi connectivity index (χ2n) is 7.25. The van der Waals surface area contributed by atoms with Gasteiger partial charge in [-0.1, -0.05) is 45.0 Å². The van der Waals surface area contributed by atoms with Gasteiger partial charge in [0.1, 0.15) is 6.04 Å². The first kappa shape index (κ1) is 20.4. The Kier molecular flexibility index (Phi) is 6.80. The van der Waals surface area contributed by atoms with E-state index < -0.39 is 11.5 Å². The maximum Gasteiger partial charge on any atom is 0.273 e. The molecule has 0 bridgehead atoms. The highest BCUT2D eigenvalue weighted by Crippen LogP contribution is 2.23. The maximum absolute atomic E-state index is 12.9. The minimum absolute atomic E-state index is 0.235. The van der Waals surface area contributed by atoms with Crippen molar-refractivity contribution in [2.45, 2.75) is 46.2 Å². The fourth-order valence-electron chi connectivity index (χ4n) is 2.78. The zero-order chi connectivity index (χ0) is 19.3. The van der Waals surface area contributed by atoms with Crippen molar-refractivity contribution in [3.05, 3.63) is 42.6 Å². The number of allylic oxidation sites excluding steroid dienone is 1. The lowest BCUT2D eigenvalue weighted by molar-refractivity contribution is -0.123. The Bertz CT molecular complexity index is 807. The van der Waals surface area contributed by atoms with Crippen LogP contribution in [0.25, 0.3) is 10.9 Å². The van der Waals surface area contributed by atoms with Gasteiger partial charge in [-0.3, -0.25) is 17.8 Å². The van der Waals surface area contributed by atoms with E-state index >= 15 is 0 Å². The summed E-state index contributed by atoms with van der Waals surface area (Å²) in [5.41, 5.74) is 0.829. The Hall–Kier alpha value is -1.90. The van der Waals surface area contributed by atoms with E-state index in [-0.39, 0.29) is 11.8 Å². The number of carbonyl (C=O) groups excluding carboxylic acids is 2. The zero-order valence-corrected chi connectivity index (χ0v) is 17.5. The second-order valence-corrected chi connectivity index (χ2v) is 7.79. The lowest BCUT2D eigenvalue weighted by Gasteiger charge is -2.29. The highest BCUT2D eigenvalue weighted by Gasteiger charge is 2.33. The van der Waals surface area contributed by atoms with Crippen LogP contribution in [0.3, 0.4) is 0 Å². The first-order valence-corrected chi connectivity index (χ1v) is 9.65. The van der Waals surface area contributed by atoms with Crippen LogP contribution in [0.4, 0.5) is 0 Å². The van der Waals surface area contributed by atoms with E-state index in [4.69, 9.17) is 0 Å². The van der Waals surface area contributed by atoms with E-state index in [0.717, 1.165) is 23.7 Å². The third-order valence-electron chi connectivity index (χ3n) is 4.15. The summed E-state index contributed by atoms with van der Waals surface area (Å²) in [5.74, 6) is -0.579. The molecule has 6 nitrogen and oxygen atoms in total. The molecule has 1 heterocycles. The van der Waals surface area contributed by atoms with Crippen molar-refractivity contribution in [3.63, 3.8) is 0 Å². The first-order chi connectivity index (χ1) is 12.3. The lowest BCUT2D eigenvalue weighted by atomic mass is 9.86. The largest absolute Gasteiger partial charge is 0.338 e. The third kappa shape index (κ3) is 4.63. The van der Waals surface area contributed by atoms with E-state index in [2.05, 4.69) is 20.5 Å². The molecule has 140 valence electrons. The van der Waals surface area contributed by atoms with E-state index in [1.807, 2.05) is 55.8 Å². The predicted octanol–water partition coefficient (Wildman–Crippen LogP) is 3.61. The molecule has 2 N–H and O–H groups in total. The molecular formula is C19H25IN4O2. The van der Waals surface area contributed by atoms with Gasteiger partial charge in [0.15, 0.2) is 5.69 Å². The van der Waals surface area contributed by atoms with E-state index in [9.17, 15) is 9.59 Å². The lowest BCUT2D eigenvalue weighted by Crippen LogP contribution is -2.52. The number of nitrogens with one attached hydrogen (secondary N) is 2. The van der Waals surface area contributed by atoms with Crippen molar-refractivity contribution >= 4 is 45.6 Å². The molecule has 0 fully saturated rings. The molecule has 2 amide bonds. The van der Waals surface area contributed by atoms with Crippen LogP contribution < -0.4 is 8.85 Å². The molecule has 0 aliphatic heterocycles. The van der Waals surface area contributed by atoms with Crippen molar-refractivity contribution in [1.82, 2.24) is 18.6 Å². The maximum atomic E-state index is 12.9. The topological polar surface area (TPSA) is 76.0 Å². The molecule has 7 heteroatoms. The van der Waals surface area contributed by atoms with Gasteiger partial charge in [-0.2, -0.15) is 5.10 Å². The number of carbonyl (C=O) groups is 2. The van der Waals surface area contributed by atoms with E-state index in [1.54, 1.807) is 22.9 Å². The number of unbranched alkanes of at least 4 members (excludes halogenated alkanes) is 1. The van der Waals surface area contributed by atoms with Crippen molar-refractivity contribution in [3.8, 4) is 0 Å². The Balaban J connectivity index is 2.34. The van der Waals surface area contributed by atoms with Crippen LogP contribution >= 0.6 is 22.9 Å². The molecule has 0 radical (unpaired) electrons. The summed E-state index contributed by atoms with van der Waals surface area (Å²) >= 11 is 1.79. The number of hydrogen-bond acceptors (Lipinski definition) is 3. The van der Waals surface area contributed by atoms with Crippen molar-refractivity contribution in [2.24, 2.45) is 5.41 Å². The smallest absolute Gasteiger partial charge is 0.273 e. The summed E-state index contributed by atoms with van der Waals surface area (Å²) in [6.07, 6.45) is 3.66. The van der Waals surface area contributed by atoms with Crippen molar-refractivity contribution in [2.75, 3.05) is 0 Å². The minimum atomic E-state index is -0.656. The first-order valence-electron chi connectivity index (χ1n) is 8.57. The van der Waals surface area contributed by atoms with Gasteiger partial charge in [0, 0.05) is 11.9 Å². The quantitative estimate of drug-likeness (QED) is 0.282. The predicted molar refractivity (Wildman–Crippen MR) is 112 cm³/mol. The number of hydrogen-bond donors (Lipinski definition) is 2. The molecule has 2 rings (SSSR count). The highest BCUT2D eigenvalue weighted by atomic mass is 127. The Morgan fingerprint density at radius 3 is 2.65 bits per heavy atom. The molecule has 2 aromatic rings. The average molecular weight is 468 g/mol. The molecule has 1 atom stereocenters. The fourth-order valence-corrected chi connectivity index (χ4v) is 3.09. The Morgan fingerprint density at radius 2 is 2.04 bits per heavy atom. The molecule has 1 aromatic carbocycles. The number of para-hydroxylation sites is 1. The summed E-state index contributed by atoms with van der Waals surface area (Å²) in [7, 11) is 0. The van der Waals surface area contributed by atoms with Crippen LogP contribution in [-0.4, -0.2) is 27.6 Å². The number of aryl methyl sites for hydroxylation is 1. The molecule has 0 unspecified atom stereocenters.